The third-order valence-corrected chi connectivity index (χ3v) is 10.2. The fraction of sp³-hybridized carbons (Fsp3) is 0.816. The quantitative estimate of drug-likeness (QED) is 0.0277. The number of rotatable bonds is 30. The van der Waals surface area contributed by atoms with Crippen molar-refractivity contribution in [2.45, 2.75) is 191 Å². The summed E-state index contributed by atoms with van der Waals surface area (Å²) in [4.78, 5) is 23.2. The number of nitrogens with one attached hydrogen (secondary N) is 1. The van der Waals surface area contributed by atoms with Crippen LogP contribution in [-0.2, 0) is 18.4 Å². The first kappa shape index (κ1) is 48.5. The third kappa shape index (κ3) is 21.4. The first-order valence-electron chi connectivity index (χ1n) is 19.5. The van der Waals surface area contributed by atoms with E-state index in [2.05, 4.69) is 43.5 Å². The van der Waals surface area contributed by atoms with E-state index < -0.39 is 75.2 Å². The Morgan fingerprint density at radius 2 is 1.15 bits per heavy atom. The lowest BCUT2D eigenvalue weighted by atomic mass is 9.85. The molecule has 1 saturated carbocycles. The van der Waals surface area contributed by atoms with Crippen LogP contribution in [0.5, 0.6) is 0 Å². The van der Waals surface area contributed by atoms with E-state index in [-0.39, 0.29) is 6.42 Å². The summed E-state index contributed by atoms with van der Waals surface area (Å²) >= 11 is 0. The fourth-order valence-corrected chi connectivity index (χ4v) is 6.85. The molecular formula is C38H70NO12P. The van der Waals surface area contributed by atoms with Crippen LogP contribution in [0.1, 0.15) is 136 Å². The lowest BCUT2D eigenvalue weighted by Crippen LogP contribution is -2.64. The van der Waals surface area contributed by atoms with Crippen molar-refractivity contribution in [1.29, 1.82) is 0 Å². The largest absolute Gasteiger partial charge is 0.472 e. The third-order valence-electron chi connectivity index (χ3n) is 9.20. The van der Waals surface area contributed by atoms with Crippen LogP contribution in [0.4, 0.5) is 0 Å². The molecule has 0 heterocycles. The molecule has 1 rings (SSSR count). The van der Waals surface area contributed by atoms with Gasteiger partial charge in [-0.15, -0.1) is 0 Å². The maximum atomic E-state index is 12.9. The minimum absolute atomic E-state index is 0.265. The molecule has 0 radical (unpaired) electrons. The molecule has 14 heteroatoms. The van der Waals surface area contributed by atoms with Crippen LogP contribution in [0.3, 0.4) is 0 Å². The molecule has 52 heavy (non-hydrogen) atoms. The fourth-order valence-electron chi connectivity index (χ4n) is 5.88. The number of phosphoric ester groups is 1. The highest BCUT2D eigenvalue weighted by Crippen LogP contribution is 2.47. The molecular weight excluding hydrogens is 693 g/mol. The highest BCUT2D eigenvalue weighted by Gasteiger charge is 2.51. The molecule has 1 fully saturated rings. The van der Waals surface area contributed by atoms with Gasteiger partial charge in [0.05, 0.1) is 31.3 Å². The smallest absolute Gasteiger partial charge is 0.393 e. The number of hydrogen-bond acceptors (Lipinski definition) is 11. The monoisotopic (exact) mass is 763 g/mol. The zero-order chi connectivity index (χ0) is 38.8. The normalized spacial score (nSPS) is 25.5. The topological polar surface area (TPSA) is 226 Å². The summed E-state index contributed by atoms with van der Waals surface area (Å²) < 4.78 is 22.7. The number of aliphatic hydroxyl groups is 7. The molecule has 304 valence electrons. The maximum absolute atomic E-state index is 12.9. The Morgan fingerprint density at radius 3 is 1.75 bits per heavy atom. The summed E-state index contributed by atoms with van der Waals surface area (Å²) in [5, 5.41) is 73.9. The molecule has 0 bridgehead atoms. The molecule has 0 aliphatic heterocycles. The van der Waals surface area contributed by atoms with E-state index in [1.807, 2.05) is 0 Å². The summed E-state index contributed by atoms with van der Waals surface area (Å²) in [6, 6.07) is -1.26. The average Bonchev–Trinajstić information content (AvgIpc) is 3.11. The Hall–Kier alpha value is -1.48. The van der Waals surface area contributed by atoms with Crippen LogP contribution in [0, 0.1) is 0 Å². The van der Waals surface area contributed by atoms with Crippen molar-refractivity contribution in [2.75, 3.05) is 6.61 Å². The number of amides is 1. The van der Waals surface area contributed by atoms with E-state index in [9.17, 15) is 50.0 Å². The molecule has 8 unspecified atom stereocenters. The van der Waals surface area contributed by atoms with E-state index in [0.29, 0.717) is 12.8 Å². The lowest BCUT2D eigenvalue weighted by molar-refractivity contribution is -0.220. The molecule has 9 N–H and O–H groups in total. The number of aliphatic hydroxyl groups excluding tert-OH is 7. The van der Waals surface area contributed by atoms with E-state index >= 15 is 0 Å². The number of allylic oxidation sites excluding steroid dienone is 5. The maximum Gasteiger partial charge on any atom is 0.472 e. The van der Waals surface area contributed by atoms with Crippen LogP contribution in [0.15, 0.2) is 36.5 Å². The van der Waals surface area contributed by atoms with Gasteiger partial charge in [-0.1, -0.05) is 115 Å². The number of phosphoric acid groups is 1. The molecule has 1 aliphatic rings. The van der Waals surface area contributed by atoms with Crippen molar-refractivity contribution in [3.05, 3.63) is 36.5 Å². The summed E-state index contributed by atoms with van der Waals surface area (Å²) in [5.41, 5.74) is 0. The van der Waals surface area contributed by atoms with Gasteiger partial charge in [-0.3, -0.25) is 13.8 Å². The van der Waals surface area contributed by atoms with Crippen LogP contribution >= 0.6 is 7.82 Å². The van der Waals surface area contributed by atoms with Gasteiger partial charge in [0.25, 0.3) is 0 Å². The molecule has 0 spiro atoms. The zero-order valence-electron chi connectivity index (χ0n) is 31.5. The highest BCUT2D eigenvalue weighted by molar-refractivity contribution is 7.47. The summed E-state index contributed by atoms with van der Waals surface area (Å²) in [6.07, 6.45) is 15.6. The van der Waals surface area contributed by atoms with Gasteiger partial charge in [-0.2, -0.15) is 0 Å². The Morgan fingerprint density at radius 1 is 0.673 bits per heavy atom. The van der Waals surface area contributed by atoms with Gasteiger partial charge in [0.15, 0.2) is 0 Å². The molecule has 0 aromatic rings. The van der Waals surface area contributed by atoms with E-state index in [0.717, 1.165) is 57.8 Å². The Bertz CT molecular complexity index is 1040. The van der Waals surface area contributed by atoms with Gasteiger partial charge < -0.3 is 46.0 Å². The van der Waals surface area contributed by atoms with Gasteiger partial charge >= 0.3 is 7.82 Å². The van der Waals surface area contributed by atoms with E-state index in [1.165, 1.54) is 51.0 Å². The van der Waals surface area contributed by atoms with Crippen LogP contribution in [0.2, 0.25) is 0 Å². The van der Waals surface area contributed by atoms with Gasteiger partial charge in [0, 0.05) is 0 Å². The number of hydrogen-bond donors (Lipinski definition) is 9. The standard InChI is InChI=1S/C38H70NO12P/c1-3-5-7-9-11-13-14-15-16-18-20-22-24-26-31(41)30(39-32(42)27-29(40)25-23-21-19-17-12-10-8-6-4-2)28-50-52(48,49)51-38-36(46)34(44)33(43)35(45)37(38)47/h10,12,16,18,24,26,29-31,33-38,40-41,43-47H,3-9,11,13-15,17,19-23,25,27-28H2,1-2H3,(H,39,42)(H,48,49)/b12-10-,18-16+,26-24+. The average molecular weight is 764 g/mol. The minimum Gasteiger partial charge on any atom is -0.393 e. The Balaban J connectivity index is 2.71. The van der Waals surface area contributed by atoms with E-state index in [4.69, 9.17) is 9.05 Å². The summed E-state index contributed by atoms with van der Waals surface area (Å²) in [7, 11) is -5.14. The van der Waals surface area contributed by atoms with Gasteiger partial charge in [-0.25, -0.2) is 4.57 Å². The molecule has 8 atom stereocenters. The predicted molar refractivity (Wildman–Crippen MR) is 201 cm³/mol. The summed E-state index contributed by atoms with van der Waals surface area (Å²) in [5.74, 6) is -0.618. The second kappa shape index (κ2) is 28.9. The van der Waals surface area contributed by atoms with Crippen molar-refractivity contribution >= 4 is 13.7 Å². The highest BCUT2D eigenvalue weighted by atomic mass is 31.2. The number of carbonyl (C=O) groups excluding carboxylic acids is 1. The van der Waals surface area contributed by atoms with Crippen molar-refractivity contribution in [3.8, 4) is 0 Å². The lowest BCUT2D eigenvalue weighted by Gasteiger charge is -2.41. The number of carbonyl (C=O) groups is 1. The van der Waals surface area contributed by atoms with Crippen molar-refractivity contribution < 1.29 is 59.0 Å². The van der Waals surface area contributed by atoms with Gasteiger partial charge in [0.1, 0.15) is 36.6 Å². The molecule has 0 aromatic heterocycles. The molecule has 0 aromatic carbocycles. The van der Waals surface area contributed by atoms with Crippen LogP contribution < -0.4 is 5.32 Å². The molecule has 13 nitrogen and oxygen atoms in total. The molecule has 1 amide bonds. The van der Waals surface area contributed by atoms with E-state index in [1.54, 1.807) is 6.08 Å². The first-order chi connectivity index (χ1) is 24.8. The van der Waals surface area contributed by atoms with Gasteiger partial charge in [0.2, 0.25) is 5.91 Å². The van der Waals surface area contributed by atoms with Crippen LogP contribution in [-0.4, -0.2) is 108 Å². The minimum atomic E-state index is -5.14. The predicted octanol–water partition coefficient (Wildman–Crippen LogP) is 4.63. The molecule has 1 aliphatic carbocycles. The SMILES string of the molecule is CCCC/C=C\CCCCCC(O)CC(=O)NC(COP(=O)(O)OC1C(O)C(O)C(O)C(O)C1O)C(O)/C=C/CC/C=C/CCCCCCCCC. The van der Waals surface area contributed by atoms with Crippen LogP contribution in [0.25, 0.3) is 0 Å². The Kier molecular flexibility index (Phi) is 27.0. The zero-order valence-corrected chi connectivity index (χ0v) is 32.4. The van der Waals surface area contributed by atoms with Crippen molar-refractivity contribution in [3.63, 3.8) is 0 Å². The van der Waals surface area contributed by atoms with Crippen molar-refractivity contribution in [2.24, 2.45) is 0 Å². The van der Waals surface area contributed by atoms with Gasteiger partial charge in [-0.05, 0) is 51.4 Å². The van der Waals surface area contributed by atoms with Crippen molar-refractivity contribution in [1.82, 2.24) is 5.32 Å². The molecule has 0 saturated heterocycles. The Labute approximate surface area is 311 Å². The summed E-state index contributed by atoms with van der Waals surface area (Å²) in [6.45, 7) is 3.61. The second-order valence-corrected chi connectivity index (χ2v) is 15.4. The second-order valence-electron chi connectivity index (χ2n) is 13.9. The number of unbranched alkanes of at least 4 members (excludes halogenated alkanes) is 13. The first-order valence-corrected chi connectivity index (χ1v) is 21.0.